The van der Waals surface area contributed by atoms with Crippen LogP contribution in [-0.2, 0) is 17.4 Å². The standard InChI is InChI=1S/2C18H17.2CH3.2ClH.H2Si.Zr/c1-12-10-17-14(3)8-9-16(18(17)11-12)15-7-5-4-6-13(15)2;1-13(2)16-11-15-9-6-10-17(18(15)12-16)14-7-4-3-5-8-14;;;;;;/h4-11H,1-3H3;3-13H,1-2H3;2*1H3;2*1H;1H2;. The van der Waals surface area contributed by atoms with Gasteiger partial charge in [-0.05, 0) is 0 Å². The molecule has 0 N–H and O–H groups in total. The van der Waals surface area contributed by atoms with E-state index in [2.05, 4.69) is 148 Å². The summed E-state index contributed by atoms with van der Waals surface area (Å²) in [7, 11) is 0. The molecule has 218 valence electrons. The molecule has 0 saturated carbocycles. The molecule has 4 heteroatoms. The molecule has 4 aromatic rings. The fourth-order valence-electron chi connectivity index (χ4n) is 8.17. The largest absolute Gasteiger partial charge is 0.147 e. The van der Waals surface area contributed by atoms with E-state index in [0.29, 0.717) is 13.2 Å². The molecule has 0 saturated heterocycles. The van der Waals surface area contributed by atoms with Gasteiger partial charge in [0.15, 0.2) is 0 Å². The second-order valence-corrected chi connectivity index (χ2v) is 44.2. The van der Waals surface area contributed by atoms with Crippen LogP contribution in [0.4, 0.5) is 0 Å². The van der Waals surface area contributed by atoms with Gasteiger partial charge in [0.1, 0.15) is 0 Å². The van der Waals surface area contributed by atoms with E-state index >= 15 is 0 Å². The molecule has 0 radical (unpaired) electrons. The van der Waals surface area contributed by atoms with Gasteiger partial charge in [0.05, 0.1) is 0 Å². The molecule has 2 aliphatic carbocycles. The molecule has 0 fully saturated rings. The summed E-state index contributed by atoms with van der Waals surface area (Å²) in [6.07, 6.45) is 5.14. The fraction of sp³-hybridized carbons (Fsp3) is 0.263. The molecule has 2 unspecified atom stereocenters. The van der Waals surface area contributed by atoms with Crippen LogP contribution in [0.5, 0.6) is 0 Å². The number of benzene rings is 4. The normalized spacial score (nSPS) is 17.5. The van der Waals surface area contributed by atoms with Gasteiger partial charge in [0, 0.05) is 0 Å². The number of hydrogen-bond donors (Lipinski definition) is 0. The Bertz CT molecular complexity index is 1790. The van der Waals surface area contributed by atoms with E-state index in [1.807, 2.05) is 0 Å². The Kier molecular flexibility index (Phi) is 9.30. The van der Waals surface area contributed by atoms with Gasteiger partial charge in [-0.25, -0.2) is 0 Å². The predicted octanol–water partition coefficient (Wildman–Crippen LogP) is 11.1. The molecule has 0 bridgehead atoms. The van der Waals surface area contributed by atoms with E-state index < -0.39 is 17.4 Å². The van der Waals surface area contributed by atoms with Gasteiger partial charge >= 0.3 is 245 Å². The number of rotatable bonds is 5. The number of fused-ring (bicyclic) bond motifs is 2. The van der Waals surface area contributed by atoms with Crippen LogP contribution in [0.15, 0.2) is 96.1 Å². The van der Waals surface area contributed by atoms with Crippen molar-refractivity contribution < 1.29 is 17.4 Å². The summed E-state index contributed by atoms with van der Waals surface area (Å²) in [5.74, 6) is 0.517. The SMILES string of the molecule is CC1=Cc2c(-c3ccccc3C)ccc(C)c2[CH]1[Zr]([CH3])([CH3])(=[SiH2])[CH]1C(C(C)C)=Cc2c(-c3ccccc3)cccc21.Cl.Cl. The molecular weight excluding hydrogens is 647 g/mol. The van der Waals surface area contributed by atoms with Crippen molar-refractivity contribution in [2.75, 3.05) is 0 Å². The minimum absolute atomic E-state index is 0. The number of halogens is 2. The van der Waals surface area contributed by atoms with Crippen LogP contribution in [-0.4, -0.2) is 6.88 Å². The molecule has 2 atom stereocenters. The van der Waals surface area contributed by atoms with Crippen molar-refractivity contribution in [3.8, 4) is 22.3 Å². The third-order valence-corrected chi connectivity index (χ3v) is 27.4. The second kappa shape index (κ2) is 11.9. The summed E-state index contributed by atoms with van der Waals surface area (Å²) < 4.78 is 6.58. The number of aryl methyl sites for hydroxylation is 2. The first kappa shape index (κ1) is 32.9. The minimum Gasteiger partial charge on any atom is -0.147 e. The van der Waals surface area contributed by atoms with Crippen LogP contribution in [0.3, 0.4) is 0 Å². The van der Waals surface area contributed by atoms with Gasteiger partial charge < -0.3 is 0 Å². The minimum atomic E-state index is -3.64. The van der Waals surface area contributed by atoms with Gasteiger partial charge in [-0.2, -0.15) is 0 Å². The molecule has 0 amide bonds. The van der Waals surface area contributed by atoms with Gasteiger partial charge in [0.25, 0.3) is 0 Å². The Balaban J connectivity index is 0.00000202. The van der Waals surface area contributed by atoms with Crippen LogP contribution in [0.1, 0.15) is 61.4 Å². The molecule has 0 heterocycles. The predicted molar refractivity (Wildman–Crippen MR) is 190 cm³/mol. The molecule has 0 nitrogen and oxygen atoms in total. The van der Waals surface area contributed by atoms with Gasteiger partial charge in [0.2, 0.25) is 0 Å². The number of allylic oxidation sites excluding steroid dienone is 2. The van der Waals surface area contributed by atoms with E-state index in [9.17, 15) is 0 Å². The van der Waals surface area contributed by atoms with Crippen molar-refractivity contribution in [3.63, 3.8) is 0 Å². The Hall–Kier alpha value is -1.96. The average molecular weight is 691 g/mol. The Morgan fingerprint density at radius 2 is 1.26 bits per heavy atom. The summed E-state index contributed by atoms with van der Waals surface area (Å²) in [6, 6.07) is 31.7. The maximum Gasteiger partial charge on any atom is -0.147 e. The maximum atomic E-state index is 2.77. The van der Waals surface area contributed by atoms with Crippen molar-refractivity contribution in [1.29, 1.82) is 0 Å². The smallest absolute Gasteiger partial charge is 0.147 e. The third-order valence-electron chi connectivity index (χ3n) is 9.80. The zero-order valence-electron chi connectivity index (χ0n) is 26.0. The number of hydrogen-bond acceptors (Lipinski definition) is 0. The molecule has 0 aromatic heterocycles. The topological polar surface area (TPSA) is 0 Å². The van der Waals surface area contributed by atoms with Crippen molar-refractivity contribution >= 4 is 43.8 Å². The van der Waals surface area contributed by atoms with Crippen LogP contribution in [0, 0.1) is 19.8 Å². The summed E-state index contributed by atoms with van der Waals surface area (Å²) in [4.78, 5) is 0. The fourth-order valence-corrected chi connectivity index (χ4v) is 28.8. The second-order valence-electron chi connectivity index (χ2n) is 13.7. The van der Waals surface area contributed by atoms with Crippen molar-refractivity contribution in [2.45, 2.75) is 51.1 Å². The van der Waals surface area contributed by atoms with Crippen LogP contribution < -0.4 is 0 Å². The molecule has 6 rings (SSSR count). The summed E-state index contributed by atoms with van der Waals surface area (Å²) >= 11 is -3.64. The zero-order valence-corrected chi connectivity index (χ0v) is 31.5. The van der Waals surface area contributed by atoms with Gasteiger partial charge in [-0.1, -0.05) is 0 Å². The van der Waals surface area contributed by atoms with Crippen molar-refractivity contribution in [1.82, 2.24) is 0 Å². The first-order valence-corrected chi connectivity index (χ1v) is 28.5. The molecule has 0 spiro atoms. The van der Waals surface area contributed by atoms with E-state index in [0.717, 1.165) is 0 Å². The Morgan fingerprint density at radius 3 is 1.93 bits per heavy atom. The quantitative estimate of drug-likeness (QED) is 0.183. The molecule has 42 heavy (non-hydrogen) atoms. The Labute approximate surface area is 268 Å². The van der Waals surface area contributed by atoms with E-state index in [-0.39, 0.29) is 24.8 Å². The summed E-state index contributed by atoms with van der Waals surface area (Å²) in [5, 5.41) is 0. The zero-order chi connectivity index (χ0) is 28.4. The summed E-state index contributed by atoms with van der Waals surface area (Å²) in [6.45, 7) is 14.3. The van der Waals surface area contributed by atoms with Crippen molar-refractivity contribution in [3.05, 3.63) is 129 Å². The molecule has 0 aliphatic heterocycles. The summed E-state index contributed by atoms with van der Waals surface area (Å²) in [5.41, 5.74) is 17.6. The Morgan fingerprint density at radius 1 is 0.619 bits per heavy atom. The van der Waals surface area contributed by atoms with Crippen LogP contribution >= 0.6 is 24.8 Å². The third kappa shape index (κ3) is 5.21. The van der Waals surface area contributed by atoms with Crippen LogP contribution in [0.2, 0.25) is 9.26 Å². The maximum absolute atomic E-state index is 3.64. The van der Waals surface area contributed by atoms with E-state index in [1.165, 1.54) is 44.5 Å². The molecule has 4 aromatic carbocycles. The van der Waals surface area contributed by atoms with Crippen molar-refractivity contribution in [2.24, 2.45) is 5.92 Å². The molecular formula is C38H44Cl2SiZr. The van der Waals surface area contributed by atoms with Crippen LogP contribution in [0.25, 0.3) is 34.4 Å². The van der Waals surface area contributed by atoms with Gasteiger partial charge in [-0.15, -0.1) is 24.8 Å². The first-order chi connectivity index (χ1) is 19.0. The molecule has 2 aliphatic rings. The van der Waals surface area contributed by atoms with Gasteiger partial charge in [-0.3, -0.25) is 0 Å². The van der Waals surface area contributed by atoms with E-state index in [1.54, 1.807) is 22.3 Å². The first-order valence-electron chi connectivity index (χ1n) is 14.8. The van der Waals surface area contributed by atoms with E-state index in [4.69, 9.17) is 0 Å². The monoisotopic (exact) mass is 688 g/mol. The average Bonchev–Trinajstić information content (AvgIpc) is 3.50.